The summed E-state index contributed by atoms with van der Waals surface area (Å²) in [5.74, 6) is 4.52. The first-order valence-corrected chi connectivity index (χ1v) is 15.4. The van der Waals surface area contributed by atoms with Crippen molar-refractivity contribution < 1.29 is 32.3 Å². The number of carbonyl (C=O) groups excluding carboxylic acids is 3. The van der Waals surface area contributed by atoms with Gasteiger partial charge < -0.3 is 30.2 Å². The largest absolute Gasteiger partial charge is 0.435 e. The highest BCUT2D eigenvalue weighted by Crippen LogP contribution is 2.33. The Morgan fingerprint density at radius 3 is 2.51 bits per heavy atom. The van der Waals surface area contributed by atoms with E-state index in [0.29, 0.717) is 26.2 Å². The molecular formula is C31H34ClF3N8O4. The minimum atomic E-state index is -4.70. The fraction of sp³-hybridized carbons (Fsp3) is 0.452. The summed E-state index contributed by atoms with van der Waals surface area (Å²) in [4.78, 5) is 49.3. The van der Waals surface area contributed by atoms with Gasteiger partial charge in [-0.2, -0.15) is 18.3 Å². The molecule has 0 spiro atoms. The van der Waals surface area contributed by atoms with Gasteiger partial charge in [0, 0.05) is 68.8 Å². The van der Waals surface area contributed by atoms with Crippen LogP contribution in [0.25, 0.3) is 0 Å². The van der Waals surface area contributed by atoms with Crippen molar-refractivity contribution in [3.05, 3.63) is 63.5 Å². The number of ether oxygens (including phenoxy) is 1. The number of nitrogens with one attached hydrogen (secondary N) is 4. The van der Waals surface area contributed by atoms with Crippen LogP contribution >= 0.6 is 11.6 Å². The lowest BCUT2D eigenvalue weighted by Crippen LogP contribution is -2.52. The fourth-order valence-electron chi connectivity index (χ4n) is 5.59. The first-order chi connectivity index (χ1) is 22.5. The van der Waals surface area contributed by atoms with Crippen molar-refractivity contribution in [2.24, 2.45) is 5.92 Å². The molecule has 2 saturated heterocycles. The summed E-state index contributed by atoms with van der Waals surface area (Å²) in [6.07, 6.45) is -2.02. The molecule has 1 aromatic carbocycles. The van der Waals surface area contributed by atoms with Gasteiger partial charge in [-0.05, 0) is 44.1 Å². The molecule has 0 saturated carbocycles. The molecule has 0 bridgehead atoms. The Kier molecular flexibility index (Phi) is 10.8. The van der Waals surface area contributed by atoms with Gasteiger partial charge in [0.1, 0.15) is 6.61 Å². The third-order valence-electron chi connectivity index (χ3n) is 8.06. The van der Waals surface area contributed by atoms with E-state index in [-0.39, 0.29) is 76.2 Å². The molecule has 0 unspecified atom stereocenters. The van der Waals surface area contributed by atoms with Gasteiger partial charge in [-0.1, -0.05) is 23.4 Å². The highest BCUT2D eigenvalue weighted by Gasteiger charge is 2.38. The number of alkyl halides is 3. The Morgan fingerprint density at radius 1 is 1.11 bits per heavy atom. The van der Waals surface area contributed by atoms with Crippen LogP contribution in [-0.2, 0) is 28.5 Å². The molecule has 47 heavy (non-hydrogen) atoms. The van der Waals surface area contributed by atoms with Crippen LogP contribution in [0.1, 0.15) is 56.5 Å². The summed E-state index contributed by atoms with van der Waals surface area (Å²) in [7, 11) is 1.46. The minimum absolute atomic E-state index is 0.00307. The summed E-state index contributed by atoms with van der Waals surface area (Å²) in [5.41, 5.74) is -0.187. The van der Waals surface area contributed by atoms with Crippen molar-refractivity contribution in [2.75, 3.05) is 58.3 Å². The lowest BCUT2D eigenvalue weighted by molar-refractivity contribution is -0.141. The Morgan fingerprint density at radius 2 is 1.83 bits per heavy atom. The first-order valence-electron chi connectivity index (χ1n) is 15.1. The summed E-state index contributed by atoms with van der Waals surface area (Å²) in [6, 6.07) is 4.47. The molecule has 4 heterocycles. The molecule has 16 heteroatoms. The molecule has 4 N–H and O–H groups in total. The molecule has 0 atom stereocenters. The van der Waals surface area contributed by atoms with Crippen LogP contribution in [0.3, 0.4) is 0 Å². The van der Waals surface area contributed by atoms with Crippen LogP contribution < -0.4 is 10.6 Å². The van der Waals surface area contributed by atoms with Gasteiger partial charge in [0.15, 0.2) is 11.5 Å². The van der Waals surface area contributed by atoms with Crippen molar-refractivity contribution in [3.63, 3.8) is 0 Å². The number of piperazine rings is 1. The van der Waals surface area contributed by atoms with E-state index in [4.69, 9.17) is 16.3 Å². The van der Waals surface area contributed by atoms with E-state index in [0.717, 1.165) is 25.9 Å². The minimum Gasteiger partial charge on any atom is -0.372 e. The zero-order valence-electron chi connectivity index (χ0n) is 25.6. The van der Waals surface area contributed by atoms with Gasteiger partial charge in [-0.3, -0.25) is 19.5 Å². The predicted molar refractivity (Wildman–Crippen MR) is 166 cm³/mol. The van der Waals surface area contributed by atoms with E-state index in [2.05, 4.69) is 42.6 Å². The number of imidazole rings is 1. The highest BCUT2D eigenvalue weighted by atomic mass is 35.5. The second-order valence-corrected chi connectivity index (χ2v) is 11.6. The number of hydrogen-bond donors (Lipinski definition) is 4. The Bertz CT molecular complexity index is 1660. The number of aromatic amines is 2. The monoisotopic (exact) mass is 674 g/mol. The third kappa shape index (κ3) is 8.31. The molecule has 2 aliphatic rings. The number of nitrogens with zero attached hydrogens (tertiary/aromatic N) is 4. The molecule has 2 aliphatic heterocycles. The summed E-state index contributed by atoms with van der Waals surface area (Å²) in [6.45, 7) is 3.48. The normalized spacial score (nSPS) is 15.7. The third-order valence-corrected chi connectivity index (χ3v) is 8.38. The molecule has 12 nitrogen and oxygen atoms in total. The molecule has 3 amide bonds. The maximum atomic E-state index is 13.6. The van der Waals surface area contributed by atoms with Crippen molar-refractivity contribution in [2.45, 2.75) is 31.9 Å². The van der Waals surface area contributed by atoms with Crippen molar-refractivity contribution in [1.82, 2.24) is 35.3 Å². The first kappa shape index (κ1) is 34.0. The van der Waals surface area contributed by atoms with Crippen LogP contribution in [0.15, 0.2) is 24.4 Å². The predicted octanol–water partition coefficient (Wildman–Crippen LogP) is 3.12. The van der Waals surface area contributed by atoms with Crippen LogP contribution in [0.4, 0.5) is 18.9 Å². The number of amides is 3. The van der Waals surface area contributed by atoms with E-state index < -0.39 is 17.8 Å². The average molecular weight is 675 g/mol. The zero-order chi connectivity index (χ0) is 33.6. The SMILES string of the molecule is COCC#CCc1[nH]nc(C(F)(F)F)c1Cc1cnc(C(=O)Nc2ccc(C(=O)N3CCN(C(=O)C4CCNCC4)CC3)c(Cl)c2)[nH]1. The quantitative estimate of drug-likeness (QED) is 0.269. The van der Waals surface area contributed by atoms with Crippen LogP contribution in [0.2, 0.25) is 5.02 Å². The second kappa shape index (κ2) is 15.0. The maximum Gasteiger partial charge on any atom is 0.435 e. The van der Waals surface area contributed by atoms with E-state index in [1.165, 1.54) is 31.5 Å². The lowest BCUT2D eigenvalue weighted by Gasteiger charge is -2.37. The van der Waals surface area contributed by atoms with Gasteiger partial charge in [0.25, 0.3) is 11.8 Å². The summed E-state index contributed by atoms with van der Waals surface area (Å²) in [5, 5.41) is 11.9. The molecule has 0 aliphatic carbocycles. The fourth-order valence-corrected chi connectivity index (χ4v) is 5.85. The number of carbonyl (C=O) groups is 3. The van der Waals surface area contributed by atoms with Crippen molar-refractivity contribution in [1.29, 1.82) is 0 Å². The number of anilines is 1. The second-order valence-electron chi connectivity index (χ2n) is 11.2. The number of rotatable bonds is 8. The van der Waals surface area contributed by atoms with Crippen molar-refractivity contribution in [3.8, 4) is 11.8 Å². The smallest absolute Gasteiger partial charge is 0.372 e. The molecule has 250 valence electrons. The van der Waals surface area contributed by atoms with Gasteiger partial charge >= 0.3 is 6.18 Å². The van der Waals surface area contributed by atoms with Crippen LogP contribution in [0.5, 0.6) is 0 Å². The van der Waals surface area contributed by atoms with Gasteiger partial charge in [0.05, 0.1) is 22.7 Å². The van der Waals surface area contributed by atoms with Gasteiger partial charge in [-0.15, -0.1) is 0 Å². The number of aromatic nitrogens is 4. The number of benzene rings is 1. The van der Waals surface area contributed by atoms with Crippen molar-refractivity contribution >= 4 is 35.0 Å². The molecule has 0 radical (unpaired) electrons. The molecular weight excluding hydrogens is 641 g/mol. The maximum absolute atomic E-state index is 13.6. The number of methoxy groups -OCH3 is 1. The number of halogens is 4. The van der Waals surface area contributed by atoms with E-state index in [1.54, 1.807) is 4.90 Å². The van der Waals surface area contributed by atoms with E-state index >= 15 is 0 Å². The Labute approximate surface area is 273 Å². The molecule has 3 aromatic rings. The highest BCUT2D eigenvalue weighted by molar-refractivity contribution is 6.34. The van der Waals surface area contributed by atoms with Crippen LogP contribution in [-0.4, -0.2) is 101 Å². The van der Waals surface area contributed by atoms with Gasteiger partial charge in [0.2, 0.25) is 5.91 Å². The van der Waals surface area contributed by atoms with E-state index in [1.807, 2.05) is 4.90 Å². The molecule has 2 aromatic heterocycles. The number of hydrogen-bond acceptors (Lipinski definition) is 7. The van der Waals surface area contributed by atoms with E-state index in [9.17, 15) is 27.6 Å². The zero-order valence-corrected chi connectivity index (χ0v) is 26.4. The molecule has 2 fully saturated rings. The molecule has 5 rings (SSSR count). The van der Waals surface area contributed by atoms with Crippen LogP contribution in [0, 0.1) is 17.8 Å². The Hall–Kier alpha value is -4.39. The summed E-state index contributed by atoms with van der Waals surface area (Å²) >= 11 is 6.45. The standard InChI is InChI=1S/C31H34ClF3N8O4/c1-47-15-3-2-4-25-23(26(41-40-25)31(33,34)35)16-21-18-37-27(38-21)28(44)39-20-5-6-22(24(32)17-20)30(46)43-13-11-42(12-14-43)29(45)19-7-9-36-10-8-19/h5-6,17-19,36H,4,7-16H2,1H3,(H,37,38)(H,39,44)(H,40,41). The number of piperidine rings is 1. The average Bonchev–Trinajstić information content (AvgIpc) is 3.71. The lowest BCUT2D eigenvalue weighted by atomic mass is 9.96. The Balaban J connectivity index is 1.19. The number of H-pyrrole nitrogens is 2. The topological polar surface area (TPSA) is 148 Å². The van der Waals surface area contributed by atoms with Gasteiger partial charge in [-0.25, -0.2) is 4.98 Å². The summed E-state index contributed by atoms with van der Waals surface area (Å²) < 4.78 is 45.7.